The third kappa shape index (κ3) is 2.29. The molecule has 0 saturated heterocycles. The quantitative estimate of drug-likeness (QED) is 0.726. The van der Waals surface area contributed by atoms with Crippen LogP contribution in [0.15, 0.2) is 0 Å². The zero-order valence-electron chi connectivity index (χ0n) is 9.26. The largest absolute Gasteiger partial charge is 0.392 e. The monoisotopic (exact) mass is 197 g/mol. The summed E-state index contributed by atoms with van der Waals surface area (Å²) >= 11 is 0. The van der Waals surface area contributed by atoms with Gasteiger partial charge in [-0.15, -0.1) is 0 Å². The van der Waals surface area contributed by atoms with Gasteiger partial charge in [-0.25, -0.2) is 0 Å². The van der Waals surface area contributed by atoms with E-state index in [1.165, 1.54) is 32.1 Å². The average Bonchev–Trinajstić information content (AvgIpc) is 2.73. The average molecular weight is 197 g/mol. The van der Waals surface area contributed by atoms with Crippen LogP contribution in [0.3, 0.4) is 0 Å². The number of aliphatic hydroxyl groups excluding tert-OH is 1. The van der Waals surface area contributed by atoms with Crippen molar-refractivity contribution in [3.63, 3.8) is 0 Å². The van der Waals surface area contributed by atoms with E-state index in [0.29, 0.717) is 11.5 Å². The van der Waals surface area contributed by atoms with E-state index in [0.717, 1.165) is 19.4 Å². The lowest BCUT2D eigenvalue weighted by Crippen LogP contribution is -2.41. The van der Waals surface area contributed by atoms with E-state index in [4.69, 9.17) is 0 Å². The van der Waals surface area contributed by atoms with Gasteiger partial charge in [0.15, 0.2) is 0 Å². The summed E-state index contributed by atoms with van der Waals surface area (Å²) in [5, 5.41) is 13.2. The van der Waals surface area contributed by atoms with Gasteiger partial charge < -0.3 is 10.4 Å². The number of nitrogens with one attached hydrogen (secondary N) is 1. The first-order valence-electron chi connectivity index (χ1n) is 6.11. The van der Waals surface area contributed by atoms with Crippen LogP contribution in [0.4, 0.5) is 0 Å². The lowest BCUT2D eigenvalue weighted by atomic mass is 9.88. The van der Waals surface area contributed by atoms with E-state index in [2.05, 4.69) is 12.2 Å². The molecule has 2 heteroatoms. The molecule has 14 heavy (non-hydrogen) atoms. The van der Waals surface area contributed by atoms with Crippen LogP contribution in [-0.2, 0) is 0 Å². The normalized spacial score (nSPS) is 36.4. The van der Waals surface area contributed by atoms with Gasteiger partial charge in [-0.05, 0) is 37.5 Å². The second kappa shape index (κ2) is 4.19. The lowest BCUT2D eigenvalue weighted by molar-refractivity contribution is 0.140. The zero-order chi connectivity index (χ0) is 10.0. The Morgan fingerprint density at radius 3 is 2.50 bits per heavy atom. The summed E-state index contributed by atoms with van der Waals surface area (Å²) in [5.74, 6) is 0. The molecular formula is C12H23NO. The Kier molecular flexibility index (Phi) is 3.13. The molecule has 0 unspecified atom stereocenters. The summed E-state index contributed by atoms with van der Waals surface area (Å²) in [7, 11) is 0. The zero-order valence-corrected chi connectivity index (χ0v) is 9.26. The van der Waals surface area contributed by atoms with Crippen molar-refractivity contribution < 1.29 is 5.11 Å². The number of aliphatic hydroxyl groups is 1. The van der Waals surface area contributed by atoms with Crippen molar-refractivity contribution in [3.8, 4) is 0 Å². The summed E-state index contributed by atoms with van der Waals surface area (Å²) in [6.07, 6.45) is 8.78. The van der Waals surface area contributed by atoms with E-state index < -0.39 is 0 Å². The molecule has 0 amide bonds. The Labute approximate surface area is 87.1 Å². The molecule has 2 rings (SSSR count). The second-order valence-electron chi connectivity index (χ2n) is 5.50. The highest BCUT2D eigenvalue weighted by molar-refractivity contribution is 4.88. The Morgan fingerprint density at radius 1 is 1.21 bits per heavy atom. The van der Waals surface area contributed by atoms with Crippen molar-refractivity contribution in [2.24, 2.45) is 5.41 Å². The molecule has 82 valence electrons. The molecular weight excluding hydrogens is 174 g/mol. The molecule has 2 aliphatic rings. The van der Waals surface area contributed by atoms with Crippen LogP contribution in [0.2, 0.25) is 0 Å². The standard InChI is InChI=1S/C12H23NO/c1-12(7-2-3-8-12)9-13-10-5-4-6-11(10)14/h10-11,13-14H,2-9H2,1H3/t10-,11-/m1/s1. The minimum atomic E-state index is -0.0833. The molecule has 0 spiro atoms. The summed E-state index contributed by atoms with van der Waals surface area (Å²) in [5.41, 5.74) is 0.516. The van der Waals surface area contributed by atoms with Gasteiger partial charge >= 0.3 is 0 Å². The highest BCUT2D eigenvalue weighted by atomic mass is 16.3. The first-order valence-corrected chi connectivity index (χ1v) is 6.11. The molecule has 0 aromatic rings. The SMILES string of the molecule is CC1(CN[C@@H]2CCC[C@H]2O)CCCC1. The van der Waals surface area contributed by atoms with E-state index in [1.54, 1.807) is 0 Å². The van der Waals surface area contributed by atoms with Crippen LogP contribution in [0.25, 0.3) is 0 Å². The number of rotatable bonds is 3. The third-order valence-electron chi connectivity index (χ3n) is 4.08. The first-order chi connectivity index (χ1) is 6.70. The van der Waals surface area contributed by atoms with Crippen molar-refractivity contribution in [1.82, 2.24) is 5.32 Å². The molecule has 2 nitrogen and oxygen atoms in total. The molecule has 0 aliphatic heterocycles. The topological polar surface area (TPSA) is 32.3 Å². The van der Waals surface area contributed by atoms with Crippen molar-refractivity contribution in [2.75, 3.05) is 6.54 Å². The molecule has 0 heterocycles. The van der Waals surface area contributed by atoms with E-state index in [1.807, 2.05) is 0 Å². The van der Waals surface area contributed by atoms with Gasteiger partial charge in [-0.2, -0.15) is 0 Å². The summed E-state index contributed by atoms with van der Waals surface area (Å²) in [6, 6.07) is 0.382. The highest BCUT2D eigenvalue weighted by Crippen LogP contribution is 2.37. The molecule has 2 N–H and O–H groups in total. The molecule has 2 aliphatic carbocycles. The first kappa shape index (κ1) is 10.4. The van der Waals surface area contributed by atoms with Crippen molar-refractivity contribution >= 4 is 0 Å². The fourth-order valence-corrected chi connectivity index (χ4v) is 2.96. The smallest absolute Gasteiger partial charge is 0.0693 e. The maximum Gasteiger partial charge on any atom is 0.0693 e. The minimum Gasteiger partial charge on any atom is -0.392 e. The van der Waals surface area contributed by atoms with E-state index in [-0.39, 0.29) is 6.10 Å². The molecule has 2 atom stereocenters. The van der Waals surface area contributed by atoms with Gasteiger partial charge in [-0.3, -0.25) is 0 Å². The van der Waals surface area contributed by atoms with Crippen LogP contribution in [0.5, 0.6) is 0 Å². The van der Waals surface area contributed by atoms with Crippen LogP contribution in [0, 0.1) is 5.41 Å². The van der Waals surface area contributed by atoms with E-state index in [9.17, 15) is 5.11 Å². The fraction of sp³-hybridized carbons (Fsp3) is 1.00. The number of hydrogen-bond donors (Lipinski definition) is 2. The molecule has 0 bridgehead atoms. The number of hydrogen-bond acceptors (Lipinski definition) is 2. The van der Waals surface area contributed by atoms with Crippen LogP contribution in [0.1, 0.15) is 51.9 Å². The van der Waals surface area contributed by atoms with Gasteiger partial charge in [-0.1, -0.05) is 19.8 Å². The third-order valence-corrected chi connectivity index (χ3v) is 4.08. The molecule has 0 aromatic carbocycles. The van der Waals surface area contributed by atoms with Gasteiger partial charge in [0.1, 0.15) is 0 Å². The Morgan fingerprint density at radius 2 is 1.93 bits per heavy atom. The predicted octanol–water partition coefficient (Wildman–Crippen LogP) is 2.07. The van der Waals surface area contributed by atoms with Crippen LogP contribution >= 0.6 is 0 Å². The lowest BCUT2D eigenvalue weighted by Gasteiger charge is -2.27. The van der Waals surface area contributed by atoms with Crippen LogP contribution < -0.4 is 5.32 Å². The van der Waals surface area contributed by atoms with Crippen molar-refractivity contribution in [2.45, 2.75) is 64.0 Å². The molecule has 0 aromatic heterocycles. The molecule has 2 saturated carbocycles. The molecule has 0 radical (unpaired) electrons. The van der Waals surface area contributed by atoms with Crippen molar-refractivity contribution in [3.05, 3.63) is 0 Å². The Balaban J connectivity index is 1.75. The second-order valence-corrected chi connectivity index (χ2v) is 5.50. The Bertz CT molecular complexity index is 187. The minimum absolute atomic E-state index is 0.0833. The van der Waals surface area contributed by atoms with Gasteiger partial charge in [0, 0.05) is 12.6 Å². The van der Waals surface area contributed by atoms with Crippen molar-refractivity contribution in [1.29, 1.82) is 0 Å². The summed E-state index contributed by atoms with van der Waals surface area (Å²) in [6.45, 7) is 3.49. The maximum atomic E-state index is 9.68. The molecule has 2 fully saturated rings. The predicted molar refractivity (Wildman–Crippen MR) is 58.2 cm³/mol. The fourth-order valence-electron chi connectivity index (χ4n) is 2.96. The summed E-state index contributed by atoms with van der Waals surface area (Å²) in [4.78, 5) is 0. The van der Waals surface area contributed by atoms with Gasteiger partial charge in [0.05, 0.1) is 6.10 Å². The van der Waals surface area contributed by atoms with Gasteiger partial charge in [0.2, 0.25) is 0 Å². The maximum absolute atomic E-state index is 9.68. The van der Waals surface area contributed by atoms with Crippen LogP contribution in [-0.4, -0.2) is 23.8 Å². The Hall–Kier alpha value is -0.0800. The van der Waals surface area contributed by atoms with Gasteiger partial charge in [0.25, 0.3) is 0 Å². The van der Waals surface area contributed by atoms with E-state index >= 15 is 0 Å². The highest BCUT2D eigenvalue weighted by Gasteiger charge is 2.31. The summed E-state index contributed by atoms with van der Waals surface area (Å²) < 4.78 is 0.